The minimum absolute atomic E-state index is 0.123. The smallest absolute Gasteiger partial charge is 0.259 e. The molecule has 0 aromatic heterocycles. The number of hydrogen-bond acceptors (Lipinski definition) is 3. The molecule has 0 atom stereocenters. The highest BCUT2D eigenvalue weighted by Crippen LogP contribution is 2.22. The van der Waals surface area contributed by atoms with Crippen LogP contribution in [0.3, 0.4) is 0 Å². The van der Waals surface area contributed by atoms with Gasteiger partial charge in [-0.05, 0) is 37.6 Å². The lowest BCUT2D eigenvalue weighted by Gasteiger charge is -2.10. The molecule has 2 rings (SSSR count). The molecule has 19 heavy (non-hydrogen) atoms. The van der Waals surface area contributed by atoms with Crippen molar-refractivity contribution in [3.8, 4) is 5.75 Å². The van der Waals surface area contributed by atoms with Crippen molar-refractivity contribution < 1.29 is 9.90 Å². The molecule has 0 fully saturated rings. The van der Waals surface area contributed by atoms with Gasteiger partial charge in [0.05, 0.1) is 5.56 Å². The Balaban J connectivity index is 2.25. The van der Waals surface area contributed by atoms with Crippen molar-refractivity contribution in [1.82, 2.24) is 0 Å². The Morgan fingerprint density at radius 1 is 1.16 bits per heavy atom. The van der Waals surface area contributed by atoms with E-state index >= 15 is 0 Å². The number of nitrogens with one attached hydrogen (secondary N) is 1. The van der Waals surface area contributed by atoms with Crippen LogP contribution in [0.15, 0.2) is 36.4 Å². The second-order valence-electron chi connectivity index (χ2n) is 4.55. The highest BCUT2D eigenvalue weighted by Gasteiger charge is 2.12. The fraction of sp³-hybridized carbons (Fsp3) is 0.133. The van der Waals surface area contributed by atoms with Gasteiger partial charge in [-0.25, -0.2) is 0 Å². The Bertz CT molecular complexity index is 636. The van der Waals surface area contributed by atoms with Gasteiger partial charge in [0.2, 0.25) is 0 Å². The number of anilines is 2. The number of hydrogen-bond donors (Lipinski definition) is 3. The molecule has 0 aliphatic heterocycles. The molecule has 1 amide bonds. The SMILES string of the molecule is Cc1ccc(NC(=O)c2ccc(N)cc2O)c(C)c1. The first-order valence-corrected chi connectivity index (χ1v) is 5.94. The zero-order valence-corrected chi connectivity index (χ0v) is 10.9. The topological polar surface area (TPSA) is 75.4 Å². The molecule has 2 aromatic rings. The maximum Gasteiger partial charge on any atom is 0.259 e. The van der Waals surface area contributed by atoms with Gasteiger partial charge in [-0.2, -0.15) is 0 Å². The van der Waals surface area contributed by atoms with Crippen molar-refractivity contribution in [1.29, 1.82) is 0 Å². The Morgan fingerprint density at radius 2 is 1.89 bits per heavy atom. The van der Waals surface area contributed by atoms with Gasteiger partial charge < -0.3 is 16.2 Å². The summed E-state index contributed by atoms with van der Waals surface area (Å²) in [6, 6.07) is 10.2. The maximum absolute atomic E-state index is 12.1. The van der Waals surface area contributed by atoms with Crippen LogP contribution in [0.1, 0.15) is 21.5 Å². The molecule has 4 heteroatoms. The number of nitrogens with two attached hydrogens (primary N) is 1. The van der Waals surface area contributed by atoms with Crippen LogP contribution < -0.4 is 11.1 Å². The average molecular weight is 256 g/mol. The highest BCUT2D eigenvalue weighted by atomic mass is 16.3. The molecule has 2 aromatic carbocycles. The Kier molecular flexibility index (Phi) is 3.42. The molecule has 0 radical (unpaired) electrons. The van der Waals surface area contributed by atoms with E-state index in [4.69, 9.17) is 5.73 Å². The predicted molar refractivity (Wildman–Crippen MR) is 76.4 cm³/mol. The number of carbonyl (C=O) groups is 1. The number of aryl methyl sites for hydroxylation is 2. The van der Waals surface area contributed by atoms with E-state index in [1.807, 2.05) is 32.0 Å². The normalized spacial score (nSPS) is 10.2. The van der Waals surface area contributed by atoms with Crippen LogP contribution in [-0.4, -0.2) is 11.0 Å². The fourth-order valence-corrected chi connectivity index (χ4v) is 1.88. The maximum atomic E-state index is 12.1. The Labute approximate surface area is 111 Å². The van der Waals surface area contributed by atoms with E-state index in [-0.39, 0.29) is 17.2 Å². The number of phenols is 1. The molecule has 0 bridgehead atoms. The second kappa shape index (κ2) is 5.02. The van der Waals surface area contributed by atoms with Crippen molar-refractivity contribution in [3.63, 3.8) is 0 Å². The number of carbonyl (C=O) groups excluding carboxylic acids is 1. The van der Waals surface area contributed by atoms with Gasteiger partial charge in [0.1, 0.15) is 5.75 Å². The molecule has 0 saturated carbocycles. The number of amides is 1. The molecule has 0 aliphatic carbocycles. The summed E-state index contributed by atoms with van der Waals surface area (Å²) in [4.78, 5) is 12.1. The summed E-state index contributed by atoms with van der Waals surface area (Å²) in [5.74, 6) is -0.480. The Hall–Kier alpha value is -2.49. The summed E-state index contributed by atoms with van der Waals surface area (Å²) in [5.41, 5.74) is 8.98. The lowest BCUT2D eigenvalue weighted by Crippen LogP contribution is -2.13. The molecular formula is C15H16N2O2. The van der Waals surface area contributed by atoms with Crippen molar-refractivity contribution in [2.75, 3.05) is 11.1 Å². The van der Waals surface area contributed by atoms with Gasteiger partial charge in [0.15, 0.2) is 0 Å². The summed E-state index contributed by atoms with van der Waals surface area (Å²) >= 11 is 0. The first-order valence-electron chi connectivity index (χ1n) is 5.94. The largest absolute Gasteiger partial charge is 0.507 e. The lowest BCUT2D eigenvalue weighted by atomic mass is 10.1. The van der Waals surface area contributed by atoms with Crippen molar-refractivity contribution >= 4 is 17.3 Å². The summed E-state index contributed by atoms with van der Waals surface area (Å²) in [7, 11) is 0. The van der Waals surface area contributed by atoms with Gasteiger partial charge in [0, 0.05) is 17.4 Å². The zero-order chi connectivity index (χ0) is 14.0. The van der Waals surface area contributed by atoms with Gasteiger partial charge in [0.25, 0.3) is 5.91 Å². The van der Waals surface area contributed by atoms with Crippen LogP contribution >= 0.6 is 0 Å². The summed E-state index contributed by atoms with van der Waals surface area (Å²) in [6.45, 7) is 3.91. The van der Waals surface area contributed by atoms with Crippen LogP contribution in [0.4, 0.5) is 11.4 Å². The standard InChI is InChI=1S/C15H16N2O2/c1-9-3-6-13(10(2)7-9)17-15(19)12-5-4-11(16)8-14(12)18/h3-8,18H,16H2,1-2H3,(H,17,19). The van der Waals surface area contributed by atoms with Gasteiger partial charge >= 0.3 is 0 Å². The summed E-state index contributed by atoms with van der Waals surface area (Å²) < 4.78 is 0. The molecular weight excluding hydrogens is 240 g/mol. The highest BCUT2D eigenvalue weighted by molar-refractivity contribution is 6.06. The third-order valence-electron chi connectivity index (χ3n) is 2.90. The first kappa shape index (κ1) is 13.0. The number of rotatable bonds is 2. The first-order chi connectivity index (χ1) is 8.97. The summed E-state index contributed by atoms with van der Waals surface area (Å²) in [5, 5.41) is 12.5. The fourth-order valence-electron chi connectivity index (χ4n) is 1.88. The molecule has 0 heterocycles. The molecule has 98 valence electrons. The van der Waals surface area contributed by atoms with Crippen LogP contribution in [0, 0.1) is 13.8 Å². The molecule has 4 nitrogen and oxygen atoms in total. The molecule has 0 saturated heterocycles. The Morgan fingerprint density at radius 3 is 2.53 bits per heavy atom. The van der Waals surface area contributed by atoms with E-state index in [0.29, 0.717) is 5.69 Å². The quantitative estimate of drug-likeness (QED) is 0.723. The minimum atomic E-state index is -0.357. The number of phenolic OH excluding ortho intramolecular Hbond substituents is 1. The van der Waals surface area contributed by atoms with E-state index in [1.165, 1.54) is 12.1 Å². The monoisotopic (exact) mass is 256 g/mol. The van der Waals surface area contributed by atoms with Crippen LogP contribution in [0.2, 0.25) is 0 Å². The molecule has 0 spiro atoms. The van der Waals surface area contributed by atoms with Crippen LogP contribution in [-0.2, 0) is 0 Å². The summed E-state index contributed by atoms with van der Waals surface area (Å²) in [6.07, 6.45) is 0. The minimum Gasteiger partial charge on any atom is -0.507 e. The number of aromatic hydroxyl groups is 1. The van der Waals surface area contributed by atoms with E-state index in [1.54, 1.807) is 6.07 Å². The van der Waals surface area contributed by atoms with Crippen LogP contribution in [0.25, 0.3) is 0 Å². The second-order valence-corrected chi connectivity index (χ2v) is 4.55. The van der Waals surface area contributed by atoms with E-state index in [0.717, 1.165) is 16.8 Å². The molecule has 0 unspecified atom stereocenters. The van der Waals surface area contributed by atoms with E-state index in [2.05, 4.69) is 5.32 Å². The lowest BCUT2D eigenvalue weighted by molar-refractivity contribution is 0.102. The van der Waals surface area contributed by atoms with Gasteiger partial charge in [-0.1, -0.05) is 17.7 Å². The van der Waals surface area contributed by atoms with Crippen molar-refractivity contribution in [2.45, 2.75) is 13.8 Å². The number of benzene rings is 2. The van der Waals surface area contributed by atoms with Gasteiger partial charge in [-0.3, -0.25) is 4.79 Å². The molecule has 4 N–H and O–H groups in total. The van der Waals surface area contributed by atoms with Gasteiger partial charge in [-0.15, -0.1) is 0 Å². The third kappa shape index (κ3) is 2.85. The average Bonchev–Trinajstić information content (AvgIpc) is 2.32. The predicted octanol–water partition coefficient (Wildman–Crippen LogP) is 2.84. The number of nitrogen functional groups attached to an aromatic ring is 1. The van der Waals surface area contributed by atoms with Crippen LogP contribution in [0.5, 0.6) is 5.75 Å². The van der Waals surface area contributed by atoms with Crippen molar-refractivity contribution in [3.05, 3.63) is 53.1 Å². The van der Waals surface area contributed by atoms with E-state index < -0.39 is 0 Å². The van der Waals surface area contributed by atoms with Crippen molar-refractivity contribution in [2.24, 2.45) is 0 Å². The molecule has 0 aliphatic rings. The third-order valence-corrected chi connectivity index (χ3v) is 2.90. The van der Waals surface area contributed by atoms with E-state index in [9.17, 15) is 9.90 Å². The zero-order valence-electron chi connectivity index (χ0n) is 10.9.